The molecule has 7 heteroatoms. The molecule has 0 spiro atoms. The molecule has 0 amide bonds. The minimum absolute atomic E-state index is 0.0804. The third kappa shape index (κ3) is 3.79. The van der Waals surface area contributed by atoms with Crippen molar-refractivity contribution < 1.29 is 9.84 Å². The number of halogens is 2. The molecule has 0 fully saturated rings. The third-order valence-corrected chi connectivity index (χ3v) is 4.63. The molecule has 1 aliphatic heterocycles. The van der Waals surface area contributed by atoms with Crippen LogP contribution in [0.3, 0.4) is 0 Å². The average Bonchev–Trinajstić information content (AvgIpc) is 2.64. The van der Waals surface area contributed by atoms with Gasteiger partial charge in [-0.1, -0.05) is 29.3 Å². The van der Waals surface area contributed by atoms with E-state index in [0.717, 1.165) is 16.7 Å². The van der Waals surface area contributed by atoms with E-state index in [1.807, 2.05) is 25.1 Å². The molecule has 5 nitrogen and oxygen atoms in total. The van der Waals surface area contributed by atoms with Gasteiger partial charge in [0.1, 0.15) is 5.84 Å². The van der Waals surface area contributed by atoms with E-state index in [0.29, 0.717) is 27.5 Å². The number of aliphatic hydroxyl groups is 1. The Morgan fingerprint density at radius 2 is 1.88 bits per heavy atom. The molecular formula is C18H17Cl2N3O2. The van der Waals surface area contributed by atoms with Crippen LogP contribution in [0.5, 0.6) is 0 Å². The topological polar surface area (TPSA) is 66.2 Å². The number of rotatable bonds is 3. The lowest BCUT2D eigenvalue weighted by Gasteiger charge is -2.22. The van der Waals surface area contributed by atoms with E-state index in [1.54, 1.807) is 18.2 Å². The molecule has 1 atom stereocenters. The van der Waals surface area contributed by atoms with Gasteiger partial charge < -0.3 is 9.84 Å². The van der Waals surface area contributed by atoms with Crippen molar-refractivity contribution in [3.63, 3.8) is 0 Å². The second kappa shape index (κ2) is 7.44. The van der Waals surface area contributed by atoms with Crippen LogP contribution in [0.15, 0.2) is 46.4 Å². The van der Waals surface area contributed by atoms with Crippen molar-refractivity contribution in [1.82, 2.24) is 5.32 Å². The summed E-state index contributed by atoms with van der Waals surface area (Å²) in [5.74, 6) is 0.613. The molecule has 2 aromatic carbocycles. The van der Waals surface area contributed by atoms with Gasteiger partial charge >= 0.3 is 0 Å². The number of ether oxygens (including phenoxy) is 1. The number of aliphatic imine (C=N–C) groups is 2. The first-order chi connectivity index (χ1) is 12.0. The zero-order chi connectivity index (χ0) is 18.0. The number of amidine groups is 2. The molecular weight excluding hydrogens is 361 g/mol. The Balaban J connectivity index is 2.05. The molecule has 130 valence electrons. The fourth-order valence-electron chi connectivity index (χ4n) is 2.50. The molecule has 2 aromatic rings. The maximum Gasteiger partial charge on any atom is 0.292 e. The van der Waals surface area contributed by atoms with Crippen LogP contribution in [0.25, 0.3) is 0 Å². The maximum absolute atomic E-state index is 9.37. The number of aryl methyl sites for hydroxylation is 1. The quantitative estimate of drug-likeness (QED) is 0.853. The van der Waals surface area contributed by atoms with Crippen molar-refractivity contribution in [2.24, 2.45) is 9.98 Å². The van der Waals surface area contributed by atoms with Gasteiger partial charge in [-0.15, -0.1) is 0 Å². The Morgan fingerprint density at radius 3 is 2.56 bits per heavy atom. The lowest BCUT2D eigenvalue weighted by Crippen LogP contribution is -2.36. The number of nitrogens with one attached hydrogen (secondary N) is 1. The van der Waals surface area contributed by atoms with E-state index in [1.165, 1.54) is 7.11 Å². The van der Waals surface area contributed by atoms with Gasteiger partial charge in [0.2, 0.25) is 0 Å². The van der Waals surface area contributed by atoms with E-state index in [2.05, 4.69) is 15.3 Å². The summed E-state index contributed by atoms with van der Waals surface area (Å²) in [5.41, 5.74) is 3.26. The van der Waals surface area contributed by atoms with Crippen LogP contribution >= 0.6 is 23.2 Å². The van der Waals surface area contributed by atoms with Crippen LogP contribution in [0.1, 0.15) is 28.4 Å². The maximum atomic E-state index is 9.37. The van der Waals surface area contributed by atoms with Crippen molar-refractivity contribution in [2.75, 3.05) is 7.11 Å². The minimum atomic E-state index is -0.568. The number of hydrogen-bond acceptors (Lipinski definition) is 5. The van der Waals surface area contributed by atoms with Crippen molar-refractivity contribution in [1.29, 1.82) is 0 Å². The van der Waals surface area contributed by atoms with Crippen LogP contribution in [0, 0.1) is 6.92 Å². The number of aliphatic hydroxyl groups excluding tert-OH is 1. The largest absolute Gasteiger partial charge is 0.468 e. The molecule has 0 bridgehead atoms. The highest BCUT2D eigenvalue weighted by molar-refractivity contribution is 6.31. The van der Waals surface area contributed by atoms with Gasteiger partial charge in [-0.25, -0.2) is 9.98 Å². The monoisotopic (exact) mass is 377 g/mol. The van der Waals surface area contributed by atoms with E-state index in [-0.39, 0.29) is 6.61 Å². The van der Waals surface area contributed by atoms with Crippen LogP contribution in [-0.2, 0) is 11.3 Å². The minimum Gasteiger partial charge on any atom is -0.468 e. The van der Waals surface area contributed by atoms with Crippen LogP contribution < -0.4 is 5.32 Å². The molecule has 0 saturated carbocycles. The van der Waals surface area contributed by atoms with Crippen LogP contribution in [0.4, 0.5) is 0 Å². The lowest BCUT2D eigenvalue weighted by atomic mass is 10.1. The zero-order valence-corrected chi connectivity index (χ0v) is 15.3. The number of methoxy groups -OCH3 is 1. The fraction of sp³-hybridized carbons (Fsp3) is 0.222. The van der Waals surface area contributed by atoms with Gasteiger partial charge in [0.05, 0.1) is 13.7 Å². The highest BCUT2D eigenvalue weighted by Gasteiger charge is 2.22. The number of benzene rings is 2. The molecule has 1 heterocycles. The first-order valence-electron chi connectivity index (χ1n) is 7.64. The molecule has 2 N–H and O–H groups in total. The van der Waals surface area contributed by atoms with Gasteiger partial charge in [0.25, 0.3) is 6.02 Å². The summed E-state index contributed by atoms with van der Waals surface area (Å²) in [4.78, 5) is 9.08. The molecule has 0 saturated heterocycles. The first kappa shape index (κ1) is 17.7. The number of hydrogen-bond donors (Lipinski definition) is 2. The summed E-state index contributed by atoms with van der Waals surface area (Å²) in [6.07, 6.45) is -0.568. The molecule has 0 aromatic heterocycles. The predicted octanol–water partition coefficient (Wildman–Crippen LogP) is 3.85. The summed E-state index contributed by atoms with van der Waals surface area (Å²) in [5, 5.41) is 13.6. The van der Waals surface area contributed by atoms with Crippen LogP contribution in [-0.4, -0.2) is 24.1 Å². The van der Waals surface area contributed by atoms with E-state index in [9.17, 15) is 5.11 Å². The van der Waals surface area contributed by atoms with Gasteiger partial charge in [0.15, 0.2) is 6.17 Å². The number of nitrogens with zero attached hydrogens (tertiary/aromatic N) is 2. The van der Waals surface area contributed by atoms with Crippen molar-refractivity contribution in [2.45, 2.75) is 19.7 Å². The second-order valence-corrected chi connectivity index (χ2v) is 6.41. The Morgan fingerprint density at radius 1 is 1.12 bits per heavy atom. The first-order valence-corrected chi connectivity index (χ1v) is 8.39. The Hall–Kier alpha value is -2.08. The van der Waals surface area contributed by atoms with Gasteiger partial charge in [-0.3, -0.25) is 5.32 Å². The molecule has 3 rings (SSSR count). The normalized spacial score (nSPS) is 16.8. The summed E-state index contributed by atoms with van der Waals surface area (Å²) in [6, 6.07) is 11.3. The van der Waals surface area contributed by atoms with Gasteiger partial charge in [-0.2, -0.15) is 0 Å². The smallest absolute Gasteiger partial charge is 0.292 e. The lowest BCUT2D eigenvalue weighted by molar-refractivity contribution is 0.281. The van der Waals surface area contributed by atoms with Gasteiger partial charge in [-0.05, 0) is 48.4 Å². The summed E-state index contributed by atoms with van der Waals surface area (Å²) in [6.45, 7) is 1.85. The molecule has 0 aliphatic carbocycles. The Bertz CT molecular complexity index is 865. The standard InChI is InChI=1S/C18H17Cl2N3O2/c1-10-7-12(4-6-14(10)19)16-21-17(23-18(22-16)25-2)13-8-11(9-24)3-5-15(13)20/h3-8,17,24H,9H2,1-2H3,(H,21,22,23). The van der Waals surface area contributed by atoms with Crippen LogP contribution in [0.2, 0.25) is 10.0 Å². The van der Waals surface area contributed by atoms with Crippen molar-refractivity contribution >= 4 is 35.1 Å². The fourth-order valence-corrected chi connectivity index (χ4v) is 2.83. The molecule has 1 aliphatic rings. The average molecular weight is 378 g/mol. The predicted molar refractivity (Wildman–Crippen MR) is 100 cm³/mol. The second-order valence-electron chi connectivity index (χ2n) is 5.59. The van der Waals surface area contributed by atoms with Crippen molar-refractivity contribution in [3.8, 4) is 0 Å². The van der Waals surface area contributed by atoms with E-state index >= 15 is 0 Å². The molecule has 25 heavy (non-hydrogen) atoms. The SMILES string of the molecule is COC1=NC(c2cc(CO)ccc2Cl)N=C(c2ccc(Cl)c(C)c2)N1. The molecule has 1 unspecified atom stereocenters. The Labute approximate surface area is 156 Å². The van der Waals surface area contributed by atoms with E-state index < -0.39 is 6.17 Å². The van der Waals surface area contributed by atoms with E-state index in [4.69, 9.17) is 27.9 Å². The summed E-state index contributed by atoms with van der Waals surface area (Å²) >= 11 is 12.4. The highest BCUT2D eigenvalue weighted by atomic mass is 35.5. The zero-order valence-electron chi connectivity index (χ0n) is 13.8. The Kier molecular flexibility index (Phi) is 5.27. The third-order valence-electron chi connectivity index (χ3n) is 3.86. The van der Waals surface area contributed by atoms with Gasteiger partial charge in [0, 0.05) is 21.2 Å². The summed E-state index contributed by atoms with van der Waals surface area (Å²) < 4.78 is 5.28. The van der Waals surface area contributed by atoms with Crippen molar-refractivity contribution in [3.05, 3.63) is 68.7 Å². The molecule has 0 radical (unpaired) electrons. The summed E-state index contributed by atoms with van der Waals surface area (Å²) in [7, 11) is 1.53. The highest BCUT2D eigenvalue weighted by Crippen LogP contribution is 2.30.